The Kier molecular flexibility index (Phi) is 2.37. The van der Waals surface area contributed by atoms with E-state index in [0.717, 1.165) is 18.0 Å². The van der Waals surface area contributed by atoms with Crippen LogP contribution in [0.1, 0.15) is 26.2 Å². The number of likely N-dealkylation sites (tertiary alicyclic amines) is 1. The van der Waals surface area contributed by atoms with Crippen LogP contribution in [-0.2, 0) is 0 Å². The Bertz CT molecular complexity index is 154. The Morgan fingerprint density at radius 3 is 2.50 bits per heavy atom. The molecule has 70 valence electrons. The summed E-state index contributed by atoms with van der Waals surface area (Å²) in [5, 5.41) is 3.41. The molecule has 0 aromatic rings. The van der Waals surface area contributed by atoms with Crippen LogP contribution < -0.4 is 5.32 Å². The number of piperidine rings is 1. The Hall–Kier alpha value is -0.0800. The molecule has 1 heterocycles. The minimum atomic E-state index is 0.764. The predicted molar refractivity (Wildman–Crippen MR) is 51.2 cm³/mol. The summed E-state index contributed by atoms with van der Waals surface area (Å²) in [4.78, 5) is 2.68. The van der Waals surface area contributed by atoms with Crippen LogP contribution in [-0.4, -0.2) is 37.1 Å². The lowest BCUT2D eigenvalue weighted by Crippen LogP contribution is -2.47. The third kappa shape index (κ3) is 1.64. The van der Waals surface area contributed by atoms with Gasteiger partial charge in [0.2, 0.25) is 0 Å². The van der Waals surface area contributed by atoms with Gasteiger partial charge in [0.25, 0.3) is 0 Å². The van der Waals surface area contributed by atoms with E-state index in [4.69, 9.17) is 0 Å². The van der Waals surface area contributed by atoms with Crippen molar-refractivity contribution >= 4 is 0 Å². The Balaban J connectivity index is 1.84. The third-order valence-electron chi connectivity index (χ3n) is 3.37. The molecule has 1 aliphatic heterocycles. The minimum Gasteiger partial charge on any atom is -0.317 e. The molecule has 0 aromatic carbocycles. The predicted octanol–water partition coefficient (Wildman–Crippen LogP) is 1.08. The lowest BCUT2D eigenvalue weighted by molar-refractivity contribution is 0.144. The fraction of sp³-hybridized carbons (Fsp3) is 1.00. The van der Waals surface area contributed by atoms with E-state index in [9.17, 15) is 0 Å². The summed E-state index contributed by atoms with van der Waals surface area (Å²) < 4.78 is 0. The summed E-state index contributed by atoms with van der Waals surface area (Å²) in [6, 6.07) is 1.73. The largest absolute Gasteiger partial charge is 0.317 e. The topological polar surface area (TPSA) is 15.3 Å². The average Bonchev–Trinajstić information content (AvgIpc) is 2.86. The van der Waals surface area contributed by atoms with E-state index in [2.05, 4.69) is 24.2 Å². The van der Waals surface area contributed by atoms with Gasteiger partial charge in [-0.05, 0) is 38.8 Å². The van der Waals surface area contributed by atoms with Crippen molar-refractivity contribution in [1.82, 2.24) is 10.2 Å². The summed E-state index contributed by atoms with van der Waals surface area (Å²) in [5.74, 6) is 0.837. The first-order valence-corrected chi connectivity index (χ1v) is 5.22. The summed E-state index contributed by atoms with van der Waals surface area (Å²) in [6.07, 6.45) is 4.25. The first kappa shape index (κ1) is 8.52. The first-order valence-electron chi connectivity index (χ1n) is 5.22. The van der Waals surface area contributed by atoms with Gasteiger partial charge in [0.05, 0.1) is 0 Å². The molecule has 0 radical (unpaired) electrons. The Morgan fingerprint density at radius 2 is 2.00 bits per heavy atom. The molecule has 2 nitrogen and oxygen atoms in total. The maximum Gasteiger partial charge on any atom is 0.0114 e. The fourth-order valence-electron chi connectivity index (χ4n) is 2.38. The van der Waals surface area contributed by atoms with E-state index >= 15 is 0 Å². The van der Waals surface area contributed by atoms with Gasteiger partial charge < -0.3 is 10.2 Å². The maximum absolute atomic E-state index is 3.41. The van der Waals surface area contributed by atoms with Crippen molar-refractivity contribution in [2.24, 2.45) is 5.92 Å². The van der Waals surface area contributed by atoms with Gasteiger partial charge in [-0.25, -0.2) is 0 Å². The van der Waals surface area contributed by atoms with Crippen molar-refractivity contribution in [1.29, 1.82) is 0 Å². The first-order chi connectivity index (χ1) is 5.81. The molecule has 1 saturated heterocycles. The molecule has 1 aliphatic carbocycles. The molecule has 0 bridgehead atoms. The third-order valence-corrected chi connectivity index (χ3v) is 3.37. The van der Waals surface area contributed by atoms with E-state index in [0.29, 0.717) is 0 Å². The smallest absolute Gasteiger partial charge is 0.0114 e. The number of hydrogen-bond acceptors (Lipinski definition) is 2. The van der Waals surface area contributed by atoms with Crippen LogP contribution in [0.25, 0.3) is 0 Å². The average molecular weight is 168 g/mol. The maximum atomic E-state index is 3.41. The highest BCUT2D eigenvalue weighted by Gasteiger charge is 2.34. The molecular formula is C10H20N2. The highest BCUT2D eigenvalue weighted by atomic mass is 15.2. The normalized spacial score (nSPS) is 38.5. The monoisotopic (exact) mass is 168 g/mol. The second-order valence-electron chi connectivity index (χ2n) is 4.39. The summed E-state index contributed by atoms with van der Waals surface area (Å²) in [5.41, 5.74) is 0. The van der Waals surface area contributed by atoms with Crippen molar-refractivity contribution in [3.8, 4) is 0 Å². The Labute approximate surface area is 75.3 Å². The lowest BCUT2D eigenvalue weighted by Gasteiger charge is -2.36. The SMILES string of the molecule is CNC1CCN(C2CC2)CC1C. The van der Waals surface area contributed by atoms with Crippen LogP contribution in [0.2, 0.25) is 0 Å². The van der Waals surface area contributed by atoms with Gasteiger partial charge in [-0.15, -0.1) is 0 Å². The zero-order valence-corrected chi connectivity index (χ0v) is 8.21. The van der Waals surface area contributed by atoms with Crippen LogP contribution >= 0.6 is 0 Å². The van der Waals surface area contributed by atoms with E-state index in [1.807, 2.05) is 0 Å². The quantitative estimate of drug-likeness (QED) is 0.663. The van der Waals surface area contributed by atoms with Crippen molar-refractivity contribution in [3.05, 3.63) is 0 Å². The van der Waals surface area contributed by atoms with Gasteiger partial charge >= 0.3 is 0 Å². The molecule has 2 fully saturated rings. The molecule has 0 amide bonds. The van der Waals surface area contributed by atoms with Crippen molar-refractivity contribution < 1.29 is 0 Å². The molecule has 0 spiro atoms. The molecule has 0 aromatic heterocycles. The van der Waals surface area contributed by atoms with Crippen molar-refractivity contribution in [2.75, 3.05) is 20.1 Å². The van der Waals surface area contributed by atoms with Gasteiger partial charge in [-0.2, -0.15) is 0 Å². The van der Waals surface area contributed by atoms with Crippen LogP contribution in [0.3, 0.4) is 0 Å². The zero-order valence-electron chi connectivity index (χ0n) is 8.21. The second kappa shape index (κ2) is 3.35. The molecule has 2 rings (SSSR count). The summed E-state index contributed by atoms with van der Waals surface area (Å²) >= 11 is 0. The fourth-order valence-corrected chi connectivity index (χ4v) is 2.38. The van der Waals surface area contributed by atoms with E-state index in [1.54, 1.807) is 0 Å². The standard InChI is InChI=1S/C10H20N2/c1-8-7-12(9-3-4-9)6-5-10(8)11-2/h8-11H,3-7H2,1-2H3. The molecule has 2 heteroatoms. The Morgan fingerprint density at radius 1 is 1.25 bits per heavy atom. The highest BCUT2D eigenvalue weighted by Crippen LogP contribution is 2.30. The molecule has 1 saturated carbocycles. The van der Waals surface area contributed by atoms with Gasteiger partial charge in [-0.3, -0.25) is 0 Å². The lowest BCUT2D eigenvalue weighted by atomic mass is 9.94. The minimum absolute atomic E-state index is 0.764. The van der Waals surface area contributed by atoms with Crippen molar-refractivity contribution in [2.45, 2.75) is 38.3 Å². The molecule has 1 N–H and O–H groups in total. The van der Waals surface area contributed by atoms with Crippen molar-refractivity contribution in [3.63, 3.8) is 0 Å². The number of hydrogen-bond donors (Lipinski definition) is 1. The van der Waals surface area contributed by atoms with Crippen LogP contribution in [0.5, 0.6) is 0 Å². The number of nitrogens with zero attached hydrogens (tertiary/aromatic N) is 1. The van der Waals surface area contributed by atoms with E-state index in [-0.39, 0.29) is 0 Å². The number of nitrogens with one attached hydrogen (secondary N) is 1. The van der Waals surface area contributed by atoms with Gasteiger partial charge in [-0.1, -0.05) is 6.92 Å². The molecule has 2 aliphatic rings. The molecule has 2 unspecified atom stereocenters. The molecule has 12 heavy (non-hydrogen) atoms. The van der Waals surface area contributed by atoms with Crippen LogP contribution in [0.15, 0.2) is 0 Å². The van der Waals surface area contributed by atoms with E-state index in [1.165, 1.54) is 32.4 Å². The zero-order chi connectivity index (χ0) is 8.55. The molecule has 2 atom stereocenters. The highest BCUT2D eigenvalue weighted by molar-refractivity contribution is 4.90. The van der Waals surface area contributed by atoms with Crippen LogP contribution in [0.4, 0.5) is 0 Å². The summed E-state index contributed by atoms with van der Waals surface area (Å²) in [7, 11) is 2.09. The number of rotatable bonds is 2. The summed E-state index contributed by atoms with van der Waals surface area (Å²) in [6.45, 7) is 5.01. The molecular weight excluding hydrogens is 148 g/mol. The van der Waals surface area contributed by atoms with Gasteiger partial charge in [0.15, 0.2) is 0 Å². The second-order valence-corrected chi connectivity index (χ2v) is 4.39. The van der Waals surface area contributed by atoms with E-state index < -0.39 is 0 Å². The van der Waals surface area contributed by atoms with Gasteiger partial charge in [0, 0.05) is 18.6 Å². The van der Waals surface area contributed by atoms with Gasteiger partial charge in [0.1, 0.15) is 0 Å². The van der Waals surface area contributed by atoms with Crippen LogP contribution in [0, 0.1) is 5.92 Å².